The number of rotatable bonds is 32. The molecule has 0 bridgehead atoms. The molecule has 0 aliphatic heterocycles. The fourth-order valence-electron chi connectivity index (χ4n) is 7.78. The number of carbonyl (C=O) groups is 8. The summed E-state index contributed by atoms with van der Waals surface area (Å²) in [4.78, 5) is 97.7. The van der Waals surface area contributed by atoms with Gasteiger partial charge in [0.2, 0.25) is 29.5 Å². The van der Waals surface area contributed by atoms with Gasteiger partial charge in [-0.25, -0.2) is 9.97 Å². The number of ether oxygens (including phenoxy) is 1. The number of carbonyl (C=O) groups excluding carboxylic acids is 8. The van der Waals surface area contributed by atoms with E-state index in [-0.39, 0.29) is 69.4 Å². The third-order valence-corrected chi connectivity index (χ3v) is 16.2. The zero-order valence-corrected chi connectivity index (χ0v) is 91.3. The number of amides is 5. The summed E-state index contributed by atoms with van der Waals surface area (Å²) >= 11 is 6.64. The summed E-state index contributed by atoms with van der Waals surface area (Å²) in [5, 5.41) is 16.7. The Morgan fingerprint density at radius 3 is 1.02 bits per heavy atom. The van der Waals surface area contributed by atoms with Gasteiger partial charge in [-0.2, -0.15) is 0 Å². The Morgan fingerprint density at radius 1 is 0.440 bits per heavy atom. The van der Waals surface area contributed by atoms with Crippen molar-refractivity contribution in [2.24, 2.45) is 93.9 Å². The topological polar surface area (TPSA) is 238 Å². The van der Waals surface area contributed by atoms with Crippen molar-refractivity contribution in [1.29, 1.82) is 0 Å². The van der Waals surface area contributed by atoms with E-state index in [9.17, 15) is 38.4 Å². The van der Waals surface area contributed by atoms with Crippen molar-refractivity contribution in [2.45, 2.75) is 395 Å². The highest BCUT2D eigenvalue weighted by molar-refractivity contribution is 9.10. The maximum absolute atomic E-state index is 11.1. The molecule has 0 saturated carbocycles. The molecule has 2 rings (SSSR count). The van der Waals surface area contributed by atoms with Crippen LogP contribution in [0.4, 0.5) is 0 Å². The van der Waals surface area contributed by atoms with Gasteiger partial charge in [-0.05, 0) is 222 Å². The molecule has 2 aromatic heterocycles. The molecule has 0 fully saturated rings. The zero-order valence-electron chi connectivity index (χ0n) is 88.1. The lowest BCUT2D eigenvalue weighted by molar-refractivity contribution is -0.141. The van der Waals surface area contributed by atoms with Crippen LogP contribution >= 0.6 is 31.9 Å². The minimum absolute atomic E-state index is 0. The van der Waals surface area contributed by atoms with Gasteiger partial charge >= 0.3 is 5.97 Å². The molecule has 5 amide bonds. The summed E-state index contributed by atoms with van der Waals surface area (Å²) in [5.41, 5.74) is 4.75. The number of nitrogens with zero attached hydrogens (tertiary/aromatic N) is 6. The lowest BCUT2D eigenvalue weighted by Gasteiger charge is -2.10. The van der Waals surface area contributed by atoms with Gasteiger partial charge in [0.05, 0.1) is 12.8 Å². The van der Waals surface area contributed by atoms with Crippen molar-refractivity contribution in [3.63, 3.8) is 0 Å². The van der Waals surface area contributed by atoms with Crippen molar-refractivity contribution >= 4 is 84.6 Å². The highest BCUT2D eigenvalue weighted by Crippen LogP contribution is 2.14. The lowest BCUT2D eigenvalue weighted by atomic mass is 10.0. The molecule has 0 aliphatic carbocycles. The van der Waals surface area contributed by atoms with Crippen molar-refractivity contribution in [3.05, 3.63) is 81.8 Å². The van der Waals surface area contributed by atoms with Gasteiger partial charge in [0.1, 0.15) is 15.0 Å². The number of pyridine rings is 2. The van der Waals surface area contributed by atoms with Crippen molar-refractivity contribution < 1.29 is 48.3 Å². The number of Topliss-reactive ketones (excluding diaryl/α,β-unsaturated/α-hetero) is 1. The van der Waals surface area contributed by atoms with Crippen LogP contribution < -0.4 is 10.6 Å². The smallest absolute Gasteiger partial charge is 0.305 e. The average molecular weight is 1910 g/mol. The van der Waals surface area contributed by atoms with Crippen molar-refractivity contribution in [1.82, 2.24) is 35.3 Å². The maximum atomic E-state index is 11.1. The van der Waals surface area contributed by atoms with Gasteiger partial charge in [0.15, 0.2) is 5.78 Å². The predicted molar refractivity (Wildman–Crippen MR) is 561 cm³/mol. The Balaban J connectivity index is -0.0000000730. The molecule has 0 saturated heterocycles. The number of hydrogen-bond donors (Lipinski definition) is 3. The first kappa shape index (κ1) is 157. The normalized spacial score (nSPS) is 9.86. The van der Waals surface area contributed by atoms with E-state index in [1.54, 1.807) is 70.8 Å². The number of methoxy groups -OCH3 is 1. The zero-order chi connectivity index (χ0) is 99.1. The van der Waals surface area contributed by atoms with Crippen LogP contribution in [-0.4, -0.2) is 145 Å². The standard InChI is InChI=1S/2C9H12BrN.C9H19NO.C8H17NO.2C7H15NO.C7H12O.C7H14.2C6H13NO.C6H12O2.C6H12O.3C5H12.3CH4/c1-7(2)5-8-3-4-11-9(10)6-8;1-7(2)5-8-3-4-9(10)11-6-8;1-8(2)6-5-7-9(11)10(3)4;1-7(2)5-6-8(10)9(3)4;1-6(2)5-7(9)8(3)4;1-6(2)4-5-8-7(3)9;1-4-7(8)5-6(2)3;1-6(2)5-7(3)4;1-5(2)4-7-6(3)8;1-5(2)4-6(3)7-8;1-5(2)4-6(7)8-3;1-5(2)4-6(3)7;3*1-4-5(2)3;;;/h2*3-4,6-7H,5H2,1-2H3;8H,5-7H2,1-4H3;7H,5-6H2,1-4H3;6H,5H2,1-4H3;6H,4-5H2,1-3H3,(H,8,9);4,6H,1,5H2,2-3H3;7H,1,5H2,2-4H3;5H,4H2,1-3H3,(H,7,8);5,8H,4H2,1-3H3;5H,4H2,1-3H3;5H,4H2,1-3H3;3*5H,4H2,1-3H3;3*1H4/b;;;;;;;;;7-6+;;;;;;;;. The highest BCUT2D eigenvalue weighted by Gasteiger charge is 2.08. The van der Waals surface area contributed by atoms with Gasteiger partial charge in [-0.1, -0.05) is 300 Å². The van der Waals surface area contributed by atoms with Gasteiger partial charge in [-0.15, -0.1) is 6.58 Å². The molecule has 3 N–H and O–H groups in total. The van der Waals surface area contributed by atoms with E-state index in [4.69, 9.17) is 5.21 Å². The predicted octanol–water partition coefficient (Wildman–Crippen LogP) is 29.7. The second-order valence-corrected chi connectivity index (χ2v) is 39.6. The van der Waals surface area contributed by atoms with E-state index < -0.39 is 0 Å². The molecule has 0 aliphatic rings. The second kappa shape index (κ2) is 109. The Labute approximate surface area is 795 Å². The Hall–Kier alpha value is -5.63. The summed E-state index contributed by atoms with van der Waals surface area (Å²) in [6, 6.07) is 8.22. The first-order chi connectivity index (χ1) is 55.8. The third kappa shape index (κ3) is 188. The molecule has 0 radical (unpaired) electrons. The molecule has 2 aromatic rings. The largest absolute Gasteiger partial charge is 0.469 e. The molecule has 125 heavy (non-hydrogen) atoms. The minimum atomic E-state index is -0.125. The van der Waals surface area contributed by atoms with Gasteiger partial charge in [0.25, 0.3) is 0 Å². The fraction of sp³-hybridized carbons (Fsp3) is 0.781. The van der Waals surface area contributed by atoms with Crippen LogP contribution in [0.25, 0.3) is 0 Å². The number of aromatic nitrogens is 2. The van der Waals surface area contributed by atoms with Crippen LogP contribution in [0.1, 0.15) is 393 Å². The number of halogens is 2. The van der Waals surface area contributed by atoms with Crippen LogP contribution in [0, 0.1) is 88.8 Å². The number of oxime groups is 1. The first-order valence-electron chi connectivity index (χ1n) is 45.6. The number of esters is 1. The first-order valence-corrected chi connectivity index (χ1v) is 47.2. The maximum Gasteiger partial charge on any atom is 0.305 e. The Morgan fingerprint density at radius 2 is 0.808 bits per heavy atom. The molecular formula is C105H214Br2N8O10. The quantitative estimate of drug-likeness (QED) is 0.0118. The van der Waals surface area contributed by atoms with Gasteiger partial charge in [0, 0.05) is 120 Å². The molecule has 0 unspecified atom stereocenters. The molecule has 20 heteroatoms. The molecule has 18 nitrogen and oxygen atoms in total. The van der Waals surface area contributed by atoms with Crippen LogP contribution in [0.2, 0.25) is 0 Å². The van der Waals surface area contributed by atoms with E-state index in [1.165, 1.54) is 62.5 Å². The number of nitrogens with one attached hydrogen (secondary N) is 2. The summed E-state index contributed by atoms with van der Waals surface area (Å²) < 4.78 is 6.26. The van der Waals surface area contributed by atoms with E-state index in [1.807, 2.05) is 80.8 Å². The molecule has 0 aromatic carbocycles. The van der Waals surface area contributed by atoms with E-state index in [0.717, 1.165) is 103 Å². The molecule has 0 atom stereocenters. The van der Waals surface area contributed by atoms with Gasteiger partial charge < -0.3 is 40.1 Å². The number of allylic oxidation sites excluding steroid dienone is 2. The number of ketones is 2. The molecule has 0 spiro atoms. The van der Waals surface area contributed by atoms with Crippen LogP contribution in [-0.2, 0) is 55.9 Å². The van der Waals surface area contributed by atoms with Crippen LogP contribution in [0.5, 0.6) is 0 Å². The third-order valence-electron chi connectivity index (χ3n) is 15.3. The molecule has 748 valence electrons. The fourth-order valence-corrected chi connectivity index (χ4v) is 8.43. The van der Waals surface area contributed by atoms with E-state index in [0.29, 0.717) is 97.2 Å². The average Bonchev–Trinajstić information content (AvgIpc) is 0.924. The summed E-state index contributed by atoms with van der Waals surface area (Å²) in [5.74, 6) is 11.0. The summed E-state index contributed by atoms with van der Waals surface area (Å²) in [6.45, 7) is 87.9. The second-order valence-electron chi connectivity index (χ2n) is 38.0. The minimum Gasteiger partial charge on any atom is -0.469 e. The van der Waals surface area contributed by atoms with Crippen LogP contribution in [0.15, 0.2) is 75.8 Å². The lowest BCUT2D eigenvalue weighted by Crippen LogP contribution is -2.24. The van der Waals surface area contributed by atoms with Crippen molar-refractivity contribution in [3.8, 4) is 0 Å². The highest BCUT2D eigenvalue weighted by atomic mass is 79.9. The van der Waals surface area contributed by atoms with Gasteiger partial charge in [-0.3, -0.25) is 33.6 Å². The van der Waals surface area contributed by atoms with E-state index >= 15 is 0 Å². The van der Waals surface area contributed by atoms with E-state index in [2.05, 4.69) is 274 Å². The monoisotopic (exact) mass is 1910 g/mol. The Kier molecular flexibility index (Phi) is 136. The number of hydrogen-bond acceptors (Lipinski definition) is 13. The van der Waals surface area contributed by atoms with Crippen LogP contribution in [0.3, 0.4) is 0 Å². The summed E-state index contributed by atoms with van der Waals surface area (Å²) in [6.07, 6.45) is 21.5. The molecule has 2 heterocycles. The SMILES string of the molecule is C.C.C.C/C(CC(C)C)=N\O.C=C(C)CC(C)C.C=CC(=O)CC(C)C.CC(=O)CC(C)C.CC(=O)NCC(C)C.CC(=O)NCCC(C)C.CC(C)CC(=O)N(C)C.CC(C)CCC(=O)N(C)C.CC(C)CCCC(=O)N(C)C.CC(C)Cc1ccc(Br)nc1.CC(C)Cc1ccnc(Br)c1.CCC(C)C.CCC(C)C.CCC(C)C.COC(=O)CC(C)C. The summed E-state index contributed by atoms with van der Waals surface area (Å²) in [7, 11) is 12.2. The van der Waals surface area contributed by atoms with Crippen molar-refractivity contribution in [2.75, 3.05) is 62.5 Å². The molecular weight excluding hydrogens is 1690 g/mol. The Bertz CT molecular complexity index is 2710.